The Bertz CT molecular complexity index is 790. The molecule has 0 aliphatic carbocycles. The second kappa shape index (κ2) is 4.72. The molecule has 0 spiro atoms. The van der Waals surface area contributed by atoms with E-state index in [-0.39, 0.29) is 0 Å². The third kappa shape index (κ3) is 1.98. The smallest absolute Gasteiger partial charge is 0.167 e. The summed E-state index contributed by atoms with van der Waals surface area (Å²) < 4.78 is 0. The van der Waals surface area contributed by atoms with Crippen molar-refractivity contribution in [1.82, 2.24) is 4.98 Å². The summed E-state index contributed by atoms with van der Waals surface area (Å²) in [4.78, 5) is 8.11. The fourth-order valence-corrected chi connectivity index (χ4v) is 3.36. The molecule has 0 saturated heterocycles. The van der Waals surface area contributed by atoms with Crippen LogP contribution in [0.25, 0.3) is 10.9 Å². The molecular formula is C16H13N3S. The van der Waals surface area contributed by atoms with Gasteiger partial charge in [0.1, 0.15) is 0 Å². The molecule has 1 aliphatic heterocycles. The number of nitrogens with zero attached hydrogens (tertiary/aromatic N) is 1. The number of fused-ring (bicyclic) bond motifs is 3. The summed E-state index contributed by atoms with van der Waals surface area (Å²) >= 11 is 1.66. The average Bonchev–Trinajstić information content (AvgIpc) is 2.86. The maximum Gasteiger partial charge on any atom is 0.167 e. The highest BCUT2D eigenvalue weighted by Crippen LogP contribution is 2.34. The maximum absolute atomic E-state index is 4.64. The highest BCUT2D eigenvalue weighted by Gasteiger charge is 2.18. The van der Waals surface area contributed by atoms with Crippen molar-refractivity contribution < 1.29 is 0 Å². The Labute approximate surface area is 121 Å². The number of hydrogen-bond acceptors (Lipinski definition) is 3. The van der Waals surface area contributed by atoms with Crippen LogP contribution in [0.1, 0.15) is 5.56 Å². The Hall–Kier alpha value is -2.20. The van der Waals surface area contributed by atoms with Crippen LogP contribution in [-0.2, 0) is 6.54 Å². The second-order valence-corrected chi connectivity index (χ2v) is 5.69. The molecule has 2 aromatic carbocycles. The first-order valence-corrected chi connectivity index (χ1v) is 7.36. The molecule has 0 amide bonds. The monoisotopic (exact) mass is 279 g/mol. The number of anilines is 1. The predicted octanol–water partition coefficient (Wildman–Crippen LogP) is 4.24. The van der Waals surface area contributed by atoms with Crippen molar-refractivity contribution in [1.29, 1.82) is 0 Å². The van der Waals surface area contributed by atoms with E-state index in [0.717, 1.165) is 17.4 Å². The zero-order valence-electron chi connectivity index (χ0n) is 10.8. The van der Waals surface area contributed by atoms with E-state index >= 15 is 0 Å². The molecule has 2 N–H and O–H groups in total. The van der Waals surface area contributed by atoms with E-state index in [9.17, 15) is 0 Å². The number of thioether (sulfide) groups is 1. The van der Waals surface area contributed by atoms with Crippen molar-refractivity contribution in [3.63, 3.8) is 0 Å². The molecule has 1 aromatic heterocycles. The van der Waals surface area contributed by atoms with Crippen LogP contribution in [0.3, 0.4) is 0 Å². The van der Waals surface area contributed by atoms with E-state index in [2.05, 4.69) is 39.6 Å². The number of aliphatic imine (C=N–C) groups is 1. The van der Waals surface area contributed by atoms with Crippen LogP contribution >= 0.6 is 11.8 Å². The first-order valence-electron chi connectivity index (χ1n) is 6.54. The lowest BCUT2D eigenvalue weighted by molar-refractivity contribution is 1.01. The number of para-hydroxylation sites is 2. The fourth-order valence-electron chi connectivity index (χ4n) is 2.41. The van der Waals surface area contributed by atoms with Crippen molar-refractivity contribution in [2.45, 2.75) is 11.6 Å². The number of H-pyrrole nitrogens is 1. The molecule has 3 aromatic rings. The molecule has 2 heterocycles. The van der Waals surface area contributed by atoms with E-state index in [1.54, 1.807) is 11.8 Å². The fraction of sp³-hybridized carbons (Fsp3) is 0.0625. The number of aromatic nitrogens is 1. The van der Waals surface area contributed by atoms with Gasteiger partial charge in [-0.15, -0.1) is 0 Å². The minimum Gasteiger partial charge on any atom is -0.349 e. The lowest BCUT2D eigenvalue weighted by atomic mass is 10.2. The van der Waals surface area contributed by atoms with Crippen LogP contribution in [0, 0.1) is 0 Å². The van der Waals surface area contributed by atoms with E-state index in [1.165, 1.54) is 21.5 Å². The summed E-state index contributed by atoms with van der Waals surface area (Å²) in [6.07, 6.45) is 0. The van der Waals surface area contributed by atoms with Crippen LogP contribution in [-0.4, -0.2) is 10.2 Å². The molecular weight excluding hydrogens is 266 g/mol. The number of nitrogens with one attached hydrogen (secondary N) is 2. The SMILES string of the molecule is c1ccc(NC2=NCc3c([nH]c4ccccc34)S2)cc1. The Morgan fingerprint density at radius 3 is 2.70 bits per heavy atom. The third-order valence-corrected chi connectivity index (χ3v) is 4.36. The van der Waals surface area contributed by atoms with Gasteiger partial charge in [-0.05, 0) is 30.0 Å². The summed E-state index contributed by atoms with van der Waals surface area (Å²) in [5.41, 5.74) is 3.55. The van der Waals surface area contributed by atoms with Crippen molar-refractivity contribution in [2.75, 3.05) is 5.32 Å². The quantitative estimate of drug-likeness (QED) is 0.699. The Kier molecular flexibility index (Phi) is 2.74. The van der Waals surface area contributed by atoms with Gasteiger partial charge < -0.3 is 10.3 Å². The highest BCUT2D eigenvalue weighted by molar-refractivity contribution is 8.14. The molecule has 0 saturated carbocycles. The number of rotatable bonds is 1. The average molecular weight is 279 g/mol. The van der Waals surface area contributed by atoms with Gasteiger partial charge in [-0.1, -0.05) is 36.4 Å². The maximum atomic E-state index is 4.64. The summed E-state index contributed by atoms with van der Waals surface area (Å²) in [5.74, 6) is 0. The molecule has 0 fully saturated rings. The van der Waals surface area contributed by atoms with Gasteiger partial charge in [-0.25, -0.2) is 0 Å². The summed E-state index contributed by atoms with van der Waals surface area (Å²) in [5, 5.41) is 6.77. The number of aromatic amines is 1. The lowest BCUT2D eigenvalue weighted by Gasteiger charge is -2.14. The van der Waals surface area contributed by atoms with Gasteiger partial charge in [-0.2, -0.15) is 0 Å². The minimum absolute atomic E-state index is 0.724. The van der Waals surface area contributed by atoms with E-state index < -0.39 is 0 Å². The molecule has 0 radical (unpaired) electrons. The largest absolute Gasteiger partial charge is 0.349 e. The zero-order chi connectivity index (χ0) is 13.4. The summed E-state index contributed by atoms with van der Waals surface area (Å²) in [7, 11) is 0. The Balaban J connectivity index is 1.64. The number of benzene rings is 2. The third-order valence-electron chi connectivity index (χ3n) is 3.38. The van der Waals surface area contributed by atoms with Crippen molar-refractivity contribution in [3.8, 4) is 0 Å². The molecule has 3 nitrogen and oxygen atoms in total. The second-order valence-electron chi connectivity index (χ2n) is 4.69. The van der Waals surface area contributed by atoms with Crippen molar-refractivity contribution in [3.05, 3.63) is 60.2 Å². The first-order chi connectivity index (χ1) is 9.90. The Morgan fingerprint density at radius 1 is 1.00 bits per heavy atom. The van der Waals surface area contributed by atoms with Gasteiger partial charge in [0.15, 0.2) is 5.17 Å². The standard InChI is InChI=1S/C16H13N3S/c1-2-6-11(7-3-1)18-16-17-10-13-12-8-4-5-9-14(12)19-15(13)20-16/h1-9,19H,10H2,(H,17,18). The van der Waals surface area contributed by atoms with E-state index in [4.69, 9.17) is 0 Å². The molecule has 0 bridgehead atoms. The van der Waals surface area contributed by atoms with Crippen molar-refractivity contribution >= 4 is 33.5 Å². The van der Waals surface area contributed by atoms with Crippen LogP contribution in [0.4, 0.5) is 5.69 Å². The van der Waals surface area contributed by atoms with Gasteiger partial charge in [-0.3, -0.25) is 4.99 Å². The normalized spacial score (nSPS) is 13.9. The molecule has 0 atom stereocenters. The molecule has 98 valence electrons. The van der Waals surface area contributed by atoms with Gasteiger partial charge in [0.2, 0.25) is 0 Å². The van der Waals surface area contributed by atoms with Crippen LogP contribution in [0.2, 0.25) is 0 Å². The van der Waals surface area contributed by atoms with Gasteiger partial charge >= 0.3 is 0 Å². The number of amidine groups is 1. The van der Waals surface area contributed by atoms with Crippen LogP contribution in [0.5, 0.6) is 0 Å². The number of hydrogen-bond donors (Lipinski definition) is 2. The van der Waals surface area contributed by atoms with Gasteiger partial charge in [0.05, 0.1) is 11.6 Å². The predicted molar refractivity (Wildman–Crippen MR) is 85.4 cm³/mol. The van der Waals surface area contributed by atoms with Gasteiger partial charge in [0, 0.05) is 22.2 Å². The minimum atomic E-state index is 0.724. The summed E-state index contributed by atoms with van der Waals surface area (Å²) in [6.45, 7) is 0.724. The van der Waals surface area contributed by atoms with Crippen LogP contribution < -0.4 is 5.32 Å². The molecule has 0 unspecified atom stereocenters. The van der Waals surface area contributed by atoms with Crippen molar-refractivity contribution in [2.24, 2.45) is 4.99 Å². The lowest BCUT2D eigenvalue weighted by Crippen LogP contribution is -2.11. The topological polar surface area (TPSA) is 40.2 Å². The Morgan fingerprint density at radius 2 is 1.80 bits per heavy atom. The molecule has 4 rings (SSSR count). The van der Waals surface area contributed by atoms with Gasteiger partial charge in [0.25, 0.3) is 0 Å². The van der Waals surface area contributed by atoms with E-state index in [1.807, 2.05) is 30.3 Å². The first kappa shape index (κ1) is 11.6. The zero-order valence-corrected chi connectivity index (χ0v) is 11.6. The van der Waals surface area contributed by atoms with Crippen LogP contribution in [0.15, 0.2) is 64.6 Å². The van der Waals surface area contributed by atoms with E-state index in [0.29, 0.717) is 0 Å². The molecule has 4 heteroatoms. The highest BCUT2D eigenvalue weighted by atomic mass is 32.2. The molecule has 1 aliphatic rings. The molecule has 20 heavy (non-hydrogen) atoms. The summed E-state index contributed by atoms with van der Waals surface area (Å²) in [6, 6.07) is 18.5.